The highest BCUT2D eigenvalue weighted by molar-refractivity contribution is 6.00. The van der Waals surface area contributed by atoms with Crippen LogP contribution in [0.3, 0.4) is 0 Å². The van der Waals surface area contributed by atoms with Crippen molar-refractivity contribution in [3.8, 4) is 0 Å². The lowest BCUT2D eigenvalue weighted by atomic mass is 9.97. The number of aliphatic carboxylic acids is 2. The average molecular weight is 696 g/mol. The van der Waals surface area contributed by atoms with Gasteiger partial charge in [0.2, 0.25) is 29.5 Å². The van der Waals surface area contributed by atoms with E-state index in [1.54, 1.807) is 49.4 Å². The number of rotatable bonds is 20. The first-order valence-corrected chi connectivity index (χ1v) is 16.6. The van der Waals surface area contributed by atoms with Crippen molar-refractivity contribution in [2.24, 2.45) is 11.8 Å². The van der Waals surface area contributed by atoms with Crippen molar-refractivity contribution in [3.63, 3.8) is 0 Å². The van der Waals surface area contributed by atoms with Gasteiger partial charge in [0.25, 0.3) is 0 Å². The zero-order chi connectivity index (χ0) is 37.4. The number of carboxylic acids is 2. The van der Waals surface area contributed by atoms with E-state index in [4.69, 9.17) is 0 Å². The van der Waals surface area contributed by atoms with E-state index in [1.807, 2.05) is 19.1 Å². The van der Waals surface area contributed by atoms with Crippen LogP contribution in [0, 0.1) is 11.8 Å². The van der Waals surface area contributed by atoms with Crippen LogP contribution in [0.4, 0.5) is 5.69 Å². The van der Waals surface area contributed by atoms with Crippen LogP contribution in [-0.2, 0) is 46.4 Å². The number of carboxylic acid groups (broad SMARTS) is 2. The number of amides is 5. The van der Waals surface area contributed by atoms with Gasteiger partial charge in [-0.05, 0) is 47.9 Å². The second-order valence-electron chi connectivity index (χ2n) is 12.8. The third-order valence-electron chi connectivity index (χ3n) is 7.93. The van der Waals surface area contributed by atoms with E-state index in [0.29, 0.717) is 23.6 Å². The Kier molecular flexibility index (Phi) is 16.6. The molecule has 2 aromatic carbocycles. The van der Waals surface area contributed by atoms with Crippen LogP contribution >= 0.6 is 0 Å². The molecule has 5 unspecified atom stereocenters. The number of nitrogens with one attached hydrogen (secondary N) is 5. The fourth-order valence-corrected chi connectivity index (χ4v) is 5.13. The molecule has 272 valence electrons. The van der Waals surface area contributed by atoms with Gasteiger partial charge in [0.1, 0.15) is 24.2 Å². The van der Waals surface area contributed by atoms with Gasteiger partial charge in [0.05, 0.1) is 6.42 Å². The molecule has 50 heavy (non-hydrogen) atoms. The van der Waals surface area contributed by atoms with Crippen LogP contribution < -0.4 is 26.6 Å². The number of anilines is 1. The predicted molar refractivity (Wildman–Crippen MR) is 186 cm³/mol. The summed E-state index contributed by atoms with van der Waals surface area (Å²) in [5.41, 5.74) is 2.06. The molecule has 5 amide bonds. The Balaban J connectivity index is 2.34. The van der Waals surface area contributed by atoms with Crippen molar-refractivity contribution >= 4 is 47.2 Å². The molecule has 0 aliphatic heterocycles. The number of carbonyl (C=O) groups is 7. The van der Waals surface area contributed by atoms with Crippen molar-refractivity contribution in [1.82, 2.24) is 21.3 Å². The molecule has 0 aromatic heterocycles. The van der Waals surface area contributed by atoms with Crippen molar-refractivity contribution in [3.05, 3.63) is 65.7 Å². The highest BCUT2D eigenvalue weighted by Gasteiger charge is 2.33. The van der Waals surface area contributed by atoms with E-state index in [9.17, 15) is 43.8 Å². The van der Waals surface area contributed by atoms with Crippen LogP contribution in [0.5, 0.6) is 0 Å². The van der Waals surface area contributed by atoms with Gasteiger partial charge in [-0.2, -0.15) is 0 Å². The lowest BCUT2D eigenvalue weighted by Gasteiger charge is -2.27. The molecule has 0 radical (unpaired) electrons. The number of carbonyl (C=O) groups excluding carboxylic acids is 5. The van der Waals surface area contributed by atoms with E-state index < -0.39 is 78.5 Å². The molecule has 14 nitrogen and oxygen atoms in total. The van der Waals surface area contributed by atoms with E-state index in [2.05, 4.69) is 40.4 Å². The van der Waals surface area contributed by atoms with Gasteiger partial charge in [-0.15, -0.1) is 0 Å². The van der Waals surface area contributed by atoms with Crippen molar-refractivity contribution in [1.29, 1.82) is 0 Å². The summed E-state index contributed by atoms with van der Waals surface area (Å²) in [7, 11) is 0. The Labute approximate surface area is 292 Å². The smallest absolute Gasteiger partial charge is 0.305 e. The monoisotopic (exact) mass is 695 g/mol. The Bertz CT molecular complexity index is 1480. The Hall–Kier alpha value is -5.27. The summed E-state index contributed by atoms with van der Waals surface area (Å²) in [5, 5.41) is 31.6. The average Bonchev–Trinajstić information content (AvgIpc) is 3.05. The minimum absolute atomic E-state index is 0.0852. The van der Waals surface area contributed by atoms with Crippen LogP contribution in [0.15, 0.2) is 54.6 Å². The van der Waals surface area contributed by atoms with Gasteiger partial charge in [-0.1, -0.05) is 76.6 Å². The number of hydrogen-bond acceptors (Lipinski definition) is 7. The highest BCUT2D eigenvalue weighted by Crippen LogP contribution is 2.15. The summed E-state index contributed by atoms with van der Waals surface area (Å²) < 4.78 is 0. The van der Waals surface area contributed by atoms with E-state index in [-0.39, 0.29) is 18.8 Å². The molecule has 0 saturated carbocycles. The Morgan fingerprint density at radius 3 is 1.74 bits per heavy atom. The molecular weight excluding hydrogens is 646 g/mol. The minimum atomic E-state index is -1.53. The topological polar surface area (TPSA) is 220 Å². The number of benzene rings is 2. The SMILES string of the molecule is CCC(C)C(NC(C)=O)C(=O)NC(CCC(=O)O)C(=O)NC(Cc1ccccc1)C(=O)NC(CC(=O)O)C(=O)Nc1ccc(CC(C)C)cc1. The lowest BCUT2D eigenvalue weighted by Crippen LogP contribution is -2.59. The lowest BCUT2D eigenvalue weighted by molar-refractivity contribution is -0.140. The minimum Gasteiger partial charge on any atom is -0.481 e. The van der Waals surface area contributed by atoms with Crippen LogP contribution in [0.1, 0.15) is 71.4 Å². The van der Waals surface area contributed by atoms with Gasteiger partial charge < -0.3 is 36.8 Å². The Morgan fingerprint density at radius 2 is 1.20 bits per heavy atom. The quantitative estimate of drug-likeness (QED) is 0.108. The molecule has 0 aliphatic carbocycles. The van der Waals surface area contributed by atoms with Crippen molar-refractivity contribution < 1.29 is 43.8 Å². The van der Waals surface area contributed by atoms with Gasteiger partial charge in [-0.3, -0.25) is 33.6 Å². The van der Waals surface area contributed by atoms with E-state index in [0.717, 1.165) is 12.0 Å². The second kappa shape index (κ2) is 20.3. The second-order valence-corrected chi connectivity index (χ2v) is 12.8. The molecule has 2 rings (SSSR count). The zero-order valence-corrected chi connectivity index (χ0v) is 29.2. The molecule has 0 heterocycles. The molecule has 14 heteroatoms. The third-order valence-corrected chi connectivity index (χ3v) is 7.93. The van der Waals surface area contributed by atoms with E-state index in [1.165, 1.54) is 6.92 Å². The molecule has 2 aromatic rings. The Morgan fingerprint density at radius 1 is 0.640 bits per heavy atom. The third kappa shape index (κ3) is 14.5. The van der Waals surface area contributed by atoms with Gasteiger partial charge >= 0.3 is 11.9 Å². The van der Waals surface area contributed by atoms with Crippen LogP contribution in [0.25, 0.3) is 0 Å². The summed E-state index contributed by atoms with van der Waals surface area (Å²) in [6, 6.07) is 10.3. The largest absolute Gasteiger partial charge is 0.481 e. The molecule has 0 bridgehead atoms. The normalized spacial score (nSPS) is 13.9. The van der Waals surface area contributed by atoms with Crippen LogP contribution in [0.2, 0.25) is 0 Å². The summed E-state index contributed by atoms with van der Waals surface area (Å²) >= 11 is 0. The standard InChI is InChI=1S/C36H49N5O9/c1-6-22(4)32(37-23(5)42)36(50)39-27(16-17-30(43)44)33(47)40-28(19-24-10-8-7-9-11-24)35(49)41-29(20-31(45)46)34(48)38-26-14-12-25(13-15-26)18-21(2)3/h7-15,21-22,27-29,32H,6,16-20H2,1-5H3,(H,37,42)(H,38,48)(H,39,50)(H,40,47)(H,41,49)(H,43,44)(H,45,46). The summed E-state index contributed by atoms with van der Waals surface area (Å²) in [4.78, 5) is 88.8. The molecule has 0 aliphatic rings. The zero-order valence-electron chi connectivity index (χ0n) is 29.2. The summed E-state index contributed by atoms with van der Waals surface area (Å²) in [6.45, 7) is 8.94. The maximum absolute atomic E-state index is 13.7. The number of hydrogen-bond donors (Lipinski definition) is 7. The molecule has 0 saturated heterocycles. The first kappa shape index (κ1) is 40.9. The highest BCUT2D eigenvalue weighted by atomic mass is 16.4. The fraction of sp³-hybridized carbons (Fsp3) is 0.472. The summed E-state index contributed by atoms with van der Waals surface area (Å²) in [5.74, 6) is -6.22. The summed E-state index contributed by atoms with van der Waals surface area (Å²) in [6.07, 6.45) is -0.334. The van der Waals surface area contributed by atoms with E-state index >= 15 is 0 Å². The fourth-order valence-electron chi connectivity index (χ4n) is 5.13. The van der Waals surface area contributed by atoms with Gasteiger partial charge in [0, 0.05) is 25.5 Å². The molecule has 7 N–H and O–H groups in total. The van der Waals surface area contributed by atoms with Crippen molar-refractivity contribution in [2.45, 2.75) is 97.3 Å². The molecular formula is C36H49N5O9. The van der Waals surface area contributed by atoms with Gasteiger partial charge in [0.15, 0.2) is 0 Å². The molecule has 0 spiro atoms. The molecule has 5 atom stereocenters. The first-order valence-electron chi connectivity index (χ1n) is 16.6. The van der Waals surface area contributed by atoms with Gasteiger partial charge in [-0.25, -0.2) is 0 Å². The predicted octanol–water partition coefficient (Wildman–Crippen LogP) is 2.41. The maximum Gasteiger partial charge on any atom is 0.305 e. The van der Waals surface area contributed by atoms with Crippen molar-refractivity contribution in [2.75, 3.05) is 5.32 Å². The first-order chi connectivity index (χ1) is 23.6. The maximum atomic E-state index is 13.7. The van der Waals surface area contributed by atoms with Crippen LogP contribution in [-0.4, -0.2) is 75.9 Å². The molecule has 0 fully saturated rings.